The van der Waals surface area contributed by atoms with E-state index in [2.05, 4.69) is 35.6 Å². The lowest BCUT2D eigenvalue weighted by Crippen LogP contribution is -2.15. The molecule has 0 unspecified atom stereocenters. The molecule has 3 aromatic heterocycles. The minimum absolute atomic E-state index is 0.0428. The molecule has 0 aliphatic heterocycles. The van der Waals surface area contributed by atoms with Crippen LogP contribution in [-0.4, -0.2) is 42.8 Å². The molecule has 0 saturated carbocycles. The summed E-state index contributed by atoms with van der Waals surface area (Å²) in [6, 6.07) is 12.5. The fourth-order valence-electron chi connectivity index (χ4n) is 3.54. The molecule has 5 rings (SSSR count). The summed E-state index contributed by atoms with van der Waals surface area (Å²) in [5, 5.41) is 7.12. The number of ether oxygens (including phenoxy) is 1. The van der Waals surface area contributed by atoms with Gasteiger partial charge in [0, 0.05) is 24.0 Å². The number of amides is 2. The first-order valence-corrected chi connectivity index (χ1v) is 10.6. The van der Waals surface area contributed by atoms with E-state index in [1.54, 1.807) is 36.7 Å². The molecule has 2 aromatic carbocycles. The van der Waals surface area contributed by atoms with Gasteiger partial charge in [0.1, 0.15) is 17.0 Å². The topological polar surface area (TPSA) is 138 Å². The highest BCUT2D eigenvalue weighted by Gasteiger charge is 2.17. The number of pyridine rings is 1. The lowest BCUT2D eigenvalue weighted by Gasteiger charge is -2.10. The Balaban J connectivity index is 1.39. The number of hydrogen-bond acceptors (Lipinski definition) is 6. The van der Waals surface area contributed by atoms with E-state index in [1.807, 2.05) is 32.0 Å². The summed E-state index contributed by atoms with van der Waals surface area (Å²) in [7, 11) is 0. The van der Waals surface area contributed by atoms with Gasteiger partial charge in [0.05, 0.1) is 17.2 Å². The highest BCUT2D eigenvalue weighted by atomic mass is 16.5. The molecule has 0 atom stereocenters. The Labute approximate surface area is 193 Å². The average Bonchev–Trinajstić information content (AvgIpc) is 3.47. The van der Waals surface area contributed by atoms with E-state index >= 15 is 0 Å². The van der Waals surface area contributed by atoms with E-state index < -0.39 is 5.91 Å². The van der Waals surface area contributed by atoms with Crippen LogP contribution in [0.3, 0.4) is 0 Å². The van der Waals surface area contributed by atoms with Gasteiger partial charge in [0.2, 0.25) is 11.9 Å². The van der Waals surface area contributed by atoms with Gasteiger partial charge < -0.3 is 14.7 Å². The summed E-state index contributed by atoms with van der Waals surface area (Å²) in [4.78, 5) is 44.0. The van der Waals surface area contributed by atoms with Crippen LogP contribution in [0, 0.1) is 0 Å². The average molecular weight is 455 g/mol. The fourth-order valence-corrected chi connectivity index (χ4v) is 3.54. The third-order valence-electron chi connectivity index (χ3n) is 5.02. The van der Waals surface area contributed by atoms with Crippen molar-refractivity contribution in [3.63, 3.8) is 0 Å². The van der Waals surface area contributed by atoms with Crippen molar-refractivity contribution in [2.75, 3.05) is 10.6 Å². The van der Waals surface area contributed by atoms with Crippen molar-refractivity contribution in [3.8, 4) is 5.75 Å². The van der Waals surface area contributed by atoms with Crippen molar-refractivity contribution in [1.82, 2.24) is 24.9 Å². The first-order chi connectivity index (χ1) is 16.5. The van der Waals surface area contributed by atoms with Gasteiger partial charge in [-0.1, -0.05) is 6.07 Å². The van der Waals surface area contributed by atoms with Crippen molar-refractivity contribution >= 4 is 45.5 Å². The molecule has 34 heavy (non-hydrogen) atoms. The van der Waals surface area contributed by atoms with Gasteiger partial charge >= 0.3 is 0 Å². The molecule has 5 aromatic rings. The minimum Gasteiger partial charge on any atom is -0.491 e. The molecule has 0 saturated heterocycles. The Hall–Kier alpha value is -4.73. The zero-order valence-electron chi connectivity index (χ0n) is 18.4. The third kappa shape index (κ3) is 4.29. The molecule has 2 amide bonds. The van der Waals surface area contributed by atoms with Crippen molar-refractivity contribution in [3.05, 3.63) is 72.3 Å². The molecule has 0 fully saturated rings. The second-order valence-corrected chi connectivity index (χ2v) is 7.88. The van der Waals surface area contributed by atoms with Gasteiger partial charge in [-0.3, -0.25) is 25.2 Å². The number of fused-ring (bicyclic) bond motifs is 2. The second kappa shape index (κ2) is 8.66. The Morgan fingerprint density at radius 1 is 0.971 bits per heavy atom. The van der Waals surface area contributed by atoms with Crippen LogP contribution in [0.2, 0.25) is 0 Å². The number of para-hydroxylation sites is 1. The number of carbonyl (C=O) groups is 2. The monoisotopic (exact) mass is 455 g/mol. The quantitative estimate of drug-likeness (QED) is 0.304. The maximum absolute atomic E-state index is 12.9. The second-order valence-electron chi connectivity index (χ2n) is 7.88. The van der Waals surface area contributed by atoms with E-state index in [4.69, 9.17) is 4.74 Å². The maximum Gasteiger partial charge on any atom is 0.276 e. The van der Waals surface area contributed by atoms with Crippen molar-refractivity contribution < 1.29 is 14.3 Å². The summed E-state index contributed by atoms with van der Waals surface area (Å²) in [6.07, 6.45) is 4.83. The number of benzene rings is 2. The number of anilines is 2. The number of aromatic nitrogens is 5. The molecule has 0 spiro atoms. The van der Waals surface area contributed by atoms with Gasteiger partial charge in [0.15, 0.2) is 0 Å². The molecule has 10 heteroatoms. The Morgan fingerprint density at radius 3 is 2.62 bits per heavy atom. The lowest BCUT2D eigenvalue weighted by molar-refractivity contribution is 0.101. The predicted molar refractivity (Wildman–Crippen MR) is 128 cm³/mol. The number of hydrogen-bond donors (Lipinski definition) is 4. The number of rotatable bonds is 6. The Kier molecular flexibility index (Phi) is 5.38. The summed E-state index contributed by atoms with van der Waals surface area (Å²) in [6.45, 7) is 3.91. The smallest absolute Gasteiger partial charge is 0.276 e. The van der Waals surface area contributed by atoms with Gasteiger partial charge in [-0.05, 0) is 55.6 Å². The summed E-state index contributed by atoms with van der Waals surface area (Å²) in [5.74, 6) is 0.448. The molecule has 0 bridgehead atoms. The highest BCUT2D eigenvalue weighted by Crippen LogP contribution is 2.23. The van der Waals surface area contributed by atoms with Crippen molar-refractivity contribution in [2.24, 2.45) is 0 Å². The molecule has 10 nitrogen and oxygen atoms in total. The molecule has 4 N–H and O–H groups in total. The highest BCUT2D eigenvalue weighted by molar-refractivity contribution is 6.11. The van der Waals surface area contributed by atoms with E-state index in [9.17, 15) is 9.59 Å². The number of carbonyl (C=O) groups excluding carboxylic acids is 2. The standard InChI is InChI=1S/C24H21N7O3/c1-13(2)34-16-7-6-14-12-27-19(11-15(14)10-16)22(33)31-24-28-18-5-3-4-17(20(18)29-24)21(32)30-23-25-8-9-26-23/h3-13H,1-2H3,(H2,25,26,30,32)(H2,28,29,31,33). The first-order valence-electron chi connectivity index (χ1n) is 10.6. The molecular weight excluding hydrogens is 434 g/mol. The van der Waals surface area contributed by atoms with Gasteiger partial charge in [0.25, 0.3) is 11.8 Å². The lowest BCUT2D eigenvalue weighted by atomic mass is 10.1. The fraction of sp³-hybridized carbons (Fsp3) is 0.125. The zero-order chi connectivity index (χ0) is 23.7. The molecule has 0 aliphatic carbocycles. The summed E-state index contributed by atoms with van der Waals surface area (Å²) >= 11 is 0. The number of H-pyrrole nitrogens is 2. The number of nitrogens with one attached hydrogen (secondary N) is 4. The molecule has 0 radical (unpaired) electrons. The molecule has 0 aliphatic rings. The van der Waals surface area contributed by atoms with E-state index in [0.29, 0.717) is 22.5 Å². The van der Waals surface area contributed by atoms with Gasteiger partial charge in [-0.2, -0.15) is 0 Å². The van der Waals surface area contributed by atoms with Crippen LogP contribution in [0.25, 0.3) is 21.8 Å². The first kappa shape index (κ1) is 21.1. The minimum atomic E-state index is -0.433. The van der Waals surface area contributed by atoms with Crippen LogP contribution >= 0.6 is 0 Å². The van der Waals surface area contributed by atoms with Crippen molar-refractivity contribution in [1.29, 1.82) is 0 Å². The van der Waals surface area contributed by atoms with Crippen LogP contribution in [0.5, 0.6) is 5.75 Å². The Morgan fingerprint density at radius 2 is 1.82 bits per heavy atom. The number of nitrogens with zero attached hydrogens (tertiary/aromatic N) is 3. The van der Waals surface area contributed by atoms with E-state index in [0.717, 1.165) is 16.5 Å². The normalized spacial score (nSPS) is 11.1. The number of aromatic amines is 2. The largest absolute Gasteiger partial charge is 0.491 e. The van der Waals surface area contributed by atoms with E-state index in [1.165, 1.54) is 6.20 Å². The zero-order valence-corrected chi connectivity index (χ0v) is 18.4. The van der Waals surface area contributed by atoms with Crippen molar-refractivity contribution in [2.45, 2.75) is 20.0 Å². The molecule has 3 heterocycles. The SMILES string of the molecule is CC(C)Oc1ccc2cnc(C(=O)Nc3nc4c(C(=O)Nc5ncc[nH]5)cccc4[nH]3)cc2c1. The van der Waals surface area contributed by atoms with E-state index in [-0.39, 0.29) is 23.7 Å². The Bertz CT molecular complexity index is 1510. The third-order valence-corrected chi connectivity index (χ3v) is 5.02. The van der Waals surface area contributed by atoms with Gasteiger partial charge in [-0.15, -0.1) is 0 Å². The summed E-state index contributed by atoms with van der Waals surface area (Å²) in [5.41, 5.74) is 1.59. The molecule has 170 valence electrons. The van der Waals surface area contributed by atoms with Crippen LogP contribution in [-0.2, 0) is 0 Å². The molecular formula is C24H21N7O3. The maximum atomic E-state index is 12.9. The van der Waals surface area contributed by atoms with Crippen LogP contribution in [0.1, 0.15) is 34.7 Å². The van der Waals surface area contributed by atoms with Crippen LogP contribution < -0.4 is 15.4 Å². The van der Waals surface area contributed by atoms with Crippen LogP contribution in [0.15, 0.2) is 61.1 Å². The predicted octanol–water partition coefficient (Wildman–Crippen LogP) is 4.13. The summed E-state index contributed by atoms with van der Waals surface area (Å²) < 4.78 is 5.74. The van der Waals surface area contributed by atoms with Crippen LogP contribution in [0.4, 0.5) is 11.9 Å². The number of imidazole rings is 2. The van der Waals surface area contributed by atoms with Gasteiger partial charge in [-0.25, -0.2) is 9.97 Å².